The lowest BCUT2D eigenvalue weighted by atomic mass is 10.0. The van der Waals surface area contributed by atoms with Crippen LogP contribution in [0, 0.1) is 0 Å². The molecule has 3 heterocycles. The number of hydrogen-bond acceptors (Lipinski definition) is 7. The van der Waals surface area contributed by atoms with Crippen LogP contribution in [0.1, 0.15) is 29.3 Å². The van der Waals surface area contributed by atoms with Crippen LogP contribution in [0.15, 0.2) is 73.1 Å². The topological polar surface area (TPSA) is 83.1 Å². The van der Waals surface area contributed by atoms with Crippen LogP contribution in [-0.4, -0.2) is 66.3 Å². The third-order valence-corrected chi connectivity index (χ3v) is 6.72. The number of aromatic nitrogens is 1. The van der Waals surface area contributed by atoms with Crippen molar-refractivity contribution < 1.29 is 19.1 Å². The SMILES string of the molecule is CCOc1ccc(N2C(=O)C[C@@H](N3CCN(c4ccc(C(=O)c5ccncc5)cc4)CC3)C2=O)cc1. The molecule has 1 aromatic heterocycles. The van der Waals surface area contributed by atoms with E-state index in [-0.39, 0.29) is 24.0 Å². The fraction of sp³-hybridized carbons (Fsp3) is 0.286. The van der Waals surface area contributed by atoms with E-state index in [4.69, 9.17) is 4.74 Å². The Labute approximate surface area is 210 Å². The Morgan fingerprint density at radius 1 is 0.861 bits per heavy atom. The van der Waals surface area contributed by atoms with Gasteiger partial charge < -0.3 is 9.64 Å². The fourth-order valence-electron chi connectivity index (χ4n) is 4.82. The molecule has 3 aromatic rings. The lowest BCUT2D eigenvalue weighted by Gasteiger charge is -2.38. The van der Waals surface area contributed by atoms with Crippen LogP contribution in [0.4, 0.5) is 11.4 Å². The summed E-state index contributed by atoms with van der Waals surface area (Å²) in [6, 6.07) is 17.7. The number of benzene rings is 2. The van der Waals surface area contributed by atoms with Crippen molar-refractivity contribution in [3.63, 3.8) is 0 Å². The molecule has 2 fully saturated rings. The van der Waals surface area contributed by atoms with Gasteiger partial charge in [-0.1, -0.05) is 0 Å². The highest BCUT2D eigenvalue weighted by atomic mass is 16.5. The van der Waals surface area contributed by atoms with E-state index in [1.54, 1.807) is 48.8 Å². The second-order valence-corrected chi connectivity index (χ2v) is 8.85. The highest BCUT2D eigenvalue weighted by Gasteiger charge is 2.43. The minimum atomic E-state index is -0.438. The predicted molar refractivity (Wildman–Crippen MR) is 136 cm³/mol. The molecule has 0 unspecified atom stereocenters. The van der Waals surface area contributed by atoms with Crippen LogP contribution in [-0.2, 0) is 9.59 Å². The van der Waals surface area contributed by atoms with Gasteiger partial charge in [0.15, 0.2) is 5.78 Å². The van der Waals surface area contributed by atoms with Gasteiger partial charge in [0.2, 0.25) is 5.91 Å². The quantitative estimate of drug-likeness (QED) is 0.376. The van der Waals surface area contributed by atoms with Gasteiger partial charge in [-0.3, -0.25) is 24.3 Å². The van der Waals surface area contributed by atoms with Gasteiger partial charge in [-0.25, -0.2) is 4.90 Å². The van der Waals surface area contributed by atoms with E-state index in [1.165, 1.54) is 4.90 Å². The first-order chi connectivity index (χ1) is 17.5. The van der Waals surface area contributed by atoms with Crippen LogP contribution in [0.3, 0.4) is 0 Å². The Hall–Kier alpha value is -4.04. The molecule has 0 spiro atoms. The van der Waals surface area contributed by atoms with Crippen molar-refractivity contribution in [1.29, 1.82) is 0 Å². The summed E-state index contributed by atoms with van der Waals surface area (Å²) in [7, 11) is 0. The number of pyridine rings is 1. The molecule has 0 aliphatic carbocycles. The zero-order chi connectivity index (χ0) is 25.1. The number of rotatable bonds is 7. The summed E-state index contributed by atoms with van der Waals surface area (Å²) in [5.41, 5.74) is 2.86. The van der Waals surface area contributed by atoms with Crippen LogP contribution in [0.25, 0.3) is 0 Å². The molecule has 184 valence electrons. The van der Waals surface area contributed by atoms with Gasteiger partial charge in [0.05, 0.1) is 24.8 Å². The molecule has 2 aliphatic heterocycles. The maximum Gasteiger partial charge on any atom is 0.251 e. The van der Waals surface area contributed by atoms with Crippen LogP contribution < -0.4 is 14.5 Å². The lowest BCUT2D eigenvalue weighted by Crippen LogP contribution is -2.52. The van der Waals surface area contributed by atoms with E-state index in [9.17, 15) is 14.4 Å². The van der Waals surface area contributed by atoms with Crippen molar-refractivity contribution in [2.24, 2.45) is 0 Å². The smallest absolute Gasteiger partial charge is 0.251 e. The summed E-state index contributed by atoms with van der Waals surface area (Å²) in [4.78, 5) is 48.1. The number of carbonyl (C=O) groups is 3. The zero-order valence-electron chi connectivity index (χ0n) is 20.2. The van der Waals surface area contributed by atoms with Crippen molar-refractivity contribution in [3.05, 3.63) is 84.2 Å². The fourth-order valence-corrected chi connectivity index (χ4v) is 4.82. The first-order valence-corrected chi connectivity index (χ1v) is 12.2. The third kappa shape index (κ3) is 4.72. The molecule has 1 atom stereocenters. The summed E-state index contributed by atoms with van der Waals surface area (Å²) in [6.07, 6.45) is 3.42. The van der Waals surface area contributed by atoms with Gasteiger partial charge >= 0.3 is 0 Å². The molecule has 8 heteroatoms. The number of ether oxygens (including phenoxy) is 1. The molecule has 36 heavy (non-hydrogen) atoms. The van der Waals surface area contributed by atoms with Gasteiger partial charge in [-0.15, -0.1) is 0 Å². The number of anilines is 2. The molecule has 2 amide bonds. The number of ketones is 1. The molecule has 0 radical (unpaired) electrons. The summed E-state index contributed by atoms with van der Waals surface area (Å²) < 4.78 is 5.46. The van der Waals surface area contributed by atoms with Gasteiger partial charge in [0.1, 0.15) is 5.75 Å². The Morgan fingerprint density at radius 3 is 2.11 bits per heavy atom. The average molecular weight is 485 g/mol. The van der Waals surface area contributed by atoms with E-state index in [0.29, 0.717) is 42.3 Å². The molecule has 8 nitrogen and oxygen atoms in total. The predicted octanol–water partition coefficient (Wildman–Crippen LogP) is 3.17. The Morgan fingerprint density at radius 2 is 1.47 bits per heavy atom. The molecule has 2 saturated heterocycles. The van der Waals surface area contributed by atoms with Crippen molar-refractivity contribution in [1.82, 2.24) is 9.88 Å². The third-order valence-electron chi connectivity index (χ3n) is 6.72. The Kier molecular flexibility index (Phi) is 6.77. The van der Waals surface area contributed by atoms with Crippen molar-refractivity contribution in [2.45, 2.75) is 19.4 Å². The minimum absolute atomic E-state index is 0.0322. The van der Waals surface area contributed by atoms with Gasteiger partial charge in [-0.2, -0.15) is 0 Å². The van der Waals surface area contributed by atoms with E-state index < -0.39 is 6.04 Å². The molecular formula is C28H28N4O4. The number of carbonyl (C=O) groups excluding carboxylic acids is 3. The number of imide groups is 1. The molecular weight excluding hydrogens is 456 g/mol. The molecule has 0 saturated carbocycles. The lowest BCUT2D eigenvalue weighted by molar-refractivity contribution is -0.123. The Bertz CT molecular complexity index is 1240. The molecule has 0 N–H and O–H groups in total. The van der Waals surface area contributed by atoms with Crippen molar-refractivity contribution >= 4 is 29.0 Å². The molecule has 2 aromatic carbocycles. The van der Waals surface area contributed by atoms with Crippen LogP contribution >= 0.6 is 0 Å². The summed E-state index contributed by atoms with van der Waals surface area (Å²) in [6.45, 7) is 5.29. The van der Waals surface area contributed by atoms with Crippen LogP contribution in [0.5, 0.6) is 5.75 Å². The van der Waals surface area contributed by atoms with Crippen LogP contribution in [0.2, 0.25) is 0 Å². The standard InChI is InChI=1S/C28H28N4O4/c1-2-36-24-9-7-23(8-10-24)32-26(33)19-25(28(32)35)31-17-15-30(16-18-31)22-5-3-20(4-6-22)27(34)21-11-13-29-14-12-21/h3-14,25H,2,15-19H2,1H3/t25-/m1/s1. The normalized spacial score (nSPS) is 18.5. The number of amides is 2. The van der Waals surface area contributed by atoms with E-state index in [1.807, 2.05) is 31.2 Å². The monoisotopic (exact) mass is 484 g/mol. The number of hydrogen-bond donors (Lipinski definition) is 0. The highest BCUT2D eigenvalue weighted by molar-refractivity contribution is 6.22. The van der Waals surface area contributed by atoms with Gasteiger partial charge in [0.25, 0.3) is 5.91 Å². The second kappa shape index (κ2) is 10.3. The maximum absolute atomic E-state index is 13.2. The van der Waals surface area contributed by atoms with E-state index in [2.05, 4.69) is 14.8 Å². The largest absolute Gasteiger partial charge is 0.494 e. The molecule has 0 bridgehead atoms. The Balaban J connectivity index is 1.20. The maximum atomic E-state index is 13.2. The summed E-state index contributed by atoms with van der Waals surface area (Å²) in [5.74, 6) is 0.334. The van der Waals surface area contributed by atoms with E-state index in [0.717, 1.165) is 18.8 Å². The second-order valence-electron chi connectivity index (χ2n) is 8.85. The summed E-state index contributed by atoms with van der Waals surface area (Å²) in [5, 5.41) is 0. The number of nitrogens with zero attached hydrogens (tertiary/aromatic N) is 4. The highest BCUT2D eigenvalue weighted by Crippen LogP contribution is 2.28. The summed E-state index contributed by atoms with van der Waals surface area (Å²) >= 11 is 0. The molecule has 5 rings (SSSR count). The van der Waals surface area contributed by atoms with Crippen molar-refractivity contribution in [2.75, 3.05) is 42.6 Å². The number of piperazine rings is 1. The van der Waals surface area contributed by atoms with Crippen molar-refractivity contribution in [3.8, 4) is 5.75 Å². The average Bonchev–Trinajstić information content (AvgIpc) is 3.23. The van der Waals surface area contributed by atoms with Gasteiger partial charge in [-0.05, 0) is 67.6 Å². The first kappa shape index (κ1) is 23.7. The zero-order valence-corrected chi connectivity index (χ0v) is 20.2. The van der Waals surface area contributed by atoms with E-state index >= 15 is 0 Å². The van der Waals surface area contributed by atoms with Gasteiger partial charge in [0, 0.05) is 55.4 Å². The minimum Gasteiger partial charge on any atom is -0.494 e. The molecule has 2 aliphatic rings. The first-order valence-electron chi connectivity index (χ1n) is 12.2.